The van der Waals surface area contributed by atoms with Gasteiger partial charge in [-0.3, -0.25) is 9.36 Å². The number of unbranched alkanes of at least 4 members (excludes halogenated alkanes) is 5. The average Bonchev–Trinajstić information content (AvgIpc) is 2.92. The van der Waals surface area contributed by atoms with Crippen LogP contribution < -0.4 is 10.2 Å². The van der Waals surface area contributed by atoms with Crippen LogP contribution in [0.5, 0.6) is 0 Å². The number of likely N-dealkylation sites (N-methyl/N-ethyl adjacent to an activating group) is 1. The molecule has 1 amide bonds. The number of rotatable bonds is 26. The van der Waals surface area contributed by atoms with E-state index < -0.39 is 26.6 Å². The largest absolute Gasteiger partial charge is 0.756 e. The first kappa shape index (κ1) is 40.2. The van der Waals surface area contributed by atoms with Crippen LogP contribution in [0.2, 0.25) is 0 Å². The Morgan fingerprint density at radius 1 is 0.857 bits per heavy atom. The number of nitrogens with one attached hydrogen (secondary N) is 1. The van der Waals surface area contributed by atoms with Gasteiger partial charge in [-0.05, 0) is 57.8 Å². The standard InChI is InChI=1S/C33H59N2O6P/c1-6-8-10-12-14-15-16-17-18-19-21-23-25-27-33(37)34-31(32(36)26-24-22-20-13-11-9-7-2)30-41-42(38,39)40-29-28-35(3,4)5/h8,10-11,13-15,17-18,24,26,31-32,36H,6-7,9,12,16,19-23,25,27-30H2,1-5H3,(H-,34,37,38,39)/b10-8-,13-11+,15-14-,18-17-,26-24+. The van der Waals surface area contributed by atoms with E-state index in [1.54, 1.807) is 6.08 Å². The van der Waals surface area contributed by atoms with Gasteiger partial charge >= 0.3 is 0 Å². The molecule has 0 aromatic rings. The minimum absolute atomic E-state index is 0.0160. The molecule has 0 rings (SSSR count). The maximum absolute atomic E-state index is 12.6. The molecule has 0 aromatic carbocycles. The second kappa shape index (κ2) is 25.7. The highest BCUT2D eigenvalue weighted by Gasteiger charge is 2.23. The summed E-state index contributed by atoms with van der Waals surface area (Å²) in [5.41, 5.74) is 0. The van der Waals surface area contributed by atoms with Gasteiger partial charge in [0, 0.05) is 6.42 Å². The summed E-state index contributed by atoms with van der Waals surface area (Å²) in [5.74, 6) is -0.247. The summed E-state index contributed by atoms with van der Waals surface area (Å²) in [5, 5.41) is 13.5. The number of carbonyl (C=O) groups excluding carboxylic acids is 1. The van der Waals surface area contributed by atoms with Crippen LogP contribution in [-0.4, -0.2) is 68.5 Å². The third-order valence-corrected chi connectivity index (χ3v) is 7.16. The summed E-state index contributed by atoms with van der Waals surface area (Å²) in [7, 11) is 1.20. The molecule has 0 aliphatic rings. The zero-order valence-electron chi connectivity index (χ0n) is 26.9. The molecule has 0 bridgehead atoms. The lowest BCUT2D eigenvalue weighted by atomic mass is 10.1. The zero-order chi connectivity index (χ0) is 31.5. The summed E-state index contributed by atoms with van der Waals surface area (Å²) in [6.45, 7) is 4.31. The average molecular weight is 611 g/mol. The minimum atomic E-state index is -4.58. The van der Waals surface area contributed by atoms with Gasteiger partial charge in [0.25, 0.3) is 7.82 Å². The third kappa shape index (κ3) is 27.1. The molecule has 8 nitrogen and oxygen atoms in total. The van der Waals surface area contributed by atoms with E-state index in [2.05, 4.69) is 67.8 Å². The molecule has 0 radical (unpaired) electrons. The van der Waals surface area contributed by atoms with Crippen LogP contribution in [0.1, 0.15) is 90.9 Å². The van der Waals surface area contributed by atoms with E-state index >= 15 is 0 Å². The van der Waals surface area contributed by atoms with Crippen molar-refractivity contribution in [2.24, 2.45) is 0 Å². The van der Waals surface area contributed by atoms with Crippen LogP contribution in [0.4, 0.5) is 0 Å². The van der Waals surface area contributed by atoms with Gasteiger partial charge in [0.15, 0.2) is 0 Å². The fraction of sp³-hybridized carbons (Fsp3) is 0.667. The number of carbonyl (C=O) groups is 1. The smallest absolute Gasteiger partial charge is 0.268 e. The number of aliphatic hydroxyl groups is 1. The van der Waals surface area contributed by atoms with E-state index in [0.717, 1.165) is 64.2 Å². The van der Waals surface area contributed by atoms with Gasteiger partial charge in [0.2, 0.25) is 5.91 Å². The summed E-state index contributed by atoms with van der Waals surface area (Å²) in [6, 6.07) is -0.915. The second-order valence-electron chi connectivity index (χ2n) is 11.4. The van der Waals surface area contributed by atoms with Crippen LogP contribution >= 0.6 is 7.82 Å². The van der Waals surface area contributed by atoms with Crippen molar-refractivity contribution in [1.82, 2.24) is 5.32 Å². The number of phosphoric ester groups is 1. The molecule has 0 aliphatic carbocycles. The Bertz CT molecular complexity index is 876. The molecule has 0 aromatic heterocycles. The van der Waals surface area contributed by atoms with Gasteiger partial charge in [-0.15, -0.1) is 0 Å². The maximum Gasteiger partial charge on any atom is 0.268 e. The molecule has 0 saturated heterocycles. The fourth-order valence-electron chi connectivity index (χ4n) is 3.66. The summed E-state index contributed by atoms with van der Waals surface area (Å²) < 4.78 is 22.8. The van der Waals surface area contributed by atoms with E-state index in [-0.39, 0.29) is 12.5 Å². The zero-order valence-corrected chi connectivity index (χ0v) is 27.8. The number of allylic oxidation sites excluding steroid dienone is 9. The molecular formula is C33H59N2O6P. The van der Waals surface area contributed by atoms with Crippen molar-refractivity contribution in [2.45, 2.75) is 103 Å². The molecule has 3 unspecified atom stereocenters. The molecule has 0 aliphatic heterocycles. The number of hydrogen-bond acceptors (Lipinski definition) is 6. The lowest BCUT2D eigenvalue weighted by Crippen LogP contribution is -2.45. The number of quaternary nitrogens is 1. The van der Waals surface area contributed by atoms with Crippen molar-refractivity contribution in [3.05, 3.63) is 60.8 Å². The van der Waals surface area contributed by atoms with Crippen molar-refractivity contribution in [2.75, 3.05) is 40.9 Å². The molecule has 3 atom stereocenters. The van der Waals surface area contributed by atoms with Crippen molar-refractivity contribution >= 4 is 13.7 Å². The molecular weight excluding hydrogens is 551 g/mol. The predicted octanol–water partition coefficient (Wildman–Crippen LogP) is 6.54. The lowest BCUT2D eigenvalue weighted by molar-refractivity contribution is -0.870. The normalized spacial score (nSPS) is 15.9. The molecule has 242 valence electrons. The van der Waals surface area contributed by atoms with Gasteiger partial charge in [0.1, 0.15) is 13.2 Å². The van der Waals surface area contributed by atoms with Crippen LogP contribution in [0.3, 0.4) is 0 Å². The van der Waals surface area contributed by atoms with E-state index in [1.165, 1.54) is 0 Å². The Balaban J connectivity index is 4.69. The van der Waals surface area contributed by atoms with Crippen molar-refractivity contribution in [3.63, 3.8) is 0 Å². The van der Waals surface area contributed by atoms with Gasteiger partial charge in [0.05, 0.1) is 39.9 Å². The molecule has 2 N–H and O–H groups in total. The number of nitrogens with zero attached hydrogens (tertiary/aromatic N) is 1. The molecule has 9 heteroatoms. The lowest BCUT2D eigenvalue weighted by Gasteiger charge is -2.29. The molecule has 0 spiro atoms. The molecule has 0 fully saturated rings. The Hall–Kier alpha value is -1.80. The Morgan fingerprint density at radius 3 is 2.14 bits per heavy atom. The Labute approximate surface area is 256 Å². The quantitative estimate of drug-likeness (QED) is 0.0498. The van der Waals surface area contributed by atoms with Gasteiger partial charge < -0.3 is 28.8 Å². The highest BCUT2D eigenvalue weighted by molar-refractivity contribution is 7.45. The Morgan fingerprint density at radius 2 is 1.48 bits per heavy atom. The molecule has 0 saturated carbocycles. The highest BCUT2D eigenvalue weighted by atomic mass is 31.2. The fourth-order valence-corrected chi connectivity index (χ4v) is 4.38. The van der Waals surface area contributed by atoms with E-state index in [9.17, 15) is 19.4 Å². The van der Waals surface area contributed by atoms with Crippen molar-refractivity contribution < 1.29 is 32.9 Å². The third-order valence-electron chi connectivity index (χ3n) is 6.19. The predicted molar refractivity (Wildman–Crippen MR) is 173 cm³/mol. The van der Waals surface area contributed by atoms with Crippen LogP contribution in [-0.2, 0) is 18.4 Å². The monoisotopic (exact) mass is 610 g/mol. The minimum Gasteiger partial charge on any atom is -0.756 e. The maximum atomic E-state index is 12.6. The van der Waals surface area contributed by atoms with Crippen LogP contribution in [0.25, 0.3) is 0 Å². The van der Waals surface area contributed by atoms with E-state index in [1.807, 2.05) is 27.2 Å². The van der Waals surface area contributed by atoms with Gasteiger partial charge in [-0.1, -0.05) is 87.4 Å². The summed E-state index contributed by atoms with van der Waals surface area (Å²) in [4.78, 5) is 24.9. The van der Waals surface area contributed by atoms with Gasteiger partial charge in [-0.25, -0.2) is 0 Å². The first-order chi connectivity index (χ1) is 20.0. The number of amides is 1. The van der Waals surface area contributed by atoms with Gasteiger partial charge in [-0.2, -0.15) is 0 Å². The number of phosphoric acid groups is 1. The topological polar surface area (TPSA) is 108 Å². The van der Waals surface area contributed by atoms with Crippen LogP contribution in [0.15, 0.2) is 60.8 Å². The number of aliphatic hydroxyl groups excluding tert-OH is 1. The first-order valence-electron chi connectivity index (χ1n) is 15.7. The van der Waals surface area contributed by atoms with E-state index in [4.69, 9.17) is 9.05 Å². The van der Waals surface area contributed by atoms with Crippen molar-refractivity contribution in [1.29, 1.82) is 0 Å². The molecule has 42 heavy (non-hydrogen) atoms. The molecule has 0 heterocycles. The Kier molecular flexibility index (Phi) is 24.6. The summed E-state index contributed by atoms with van der Waals surface area (Å²) >= 11 is 0. The van der Waals surface area contributed by atoms with Crippen LogP contribution in [0, 0.1) is 0 Å². The summed E-state index contributed by atoms with van der Waals surface area (Å²) in [6.07, 6.45) is 30.1. The first-order valence-corrected chi connectivity index (χ1v) is 17.1. The van der Waals surface area contributed by atoms with Crippen molar-refractivity contribution in [3.8, 4) is 0 Å². The second-order valence-corrected chi connectivity index (χ2v) is 12.8. The van der Waals surface area contributed by atoms with E-state index in [0.29, 0.717) is 23.9 Å². The SMILES string of the molecule is CC/C=C\C/C=C\C/C=C\CCCCCC(=O)NC(COP(=O)([O-])OCC[N+](C)(C)C)C(O)/C=C/CC/C=C/CCC. The highest BCUT2D eigenvalue weighted by Crippen LogP contribution is 2.38. The number of hydrogen-bond donors (Lipinski definition) is 2.